The zero-order chi connectivity index (χ0) is 16.8. The first kappa shape index (κ1) is 20.5. The number of fused-ring (bicyclic) bond motifs is 2. The molecule has 3 aliphatic rings. The van der Waals surface area contributed by atoms with Gasteiger partial charge in [0.1, 0.15) is 0 Å². The standard InChI is InChI=1S/C20H37NO2.ClH/c1-14-7-6-8-15(2)21(14)12-17(22)13-23-18-11-16-9-10-20(18,5)19(16,3)4;/h14-18,22H,6-13H2,1-5H3;1H. The quantitative estimate of drug-likeness (QED) is 0.795. The number of aliphatic hydroxyl groups excluding tert-OH is 1. The maximum absolute atomic E-state index is 10.5. The third kappa shape index (κ3) is 3.39. The molecule has 1 N–H and O–H groups in total. The SMILES string of the molecule is CC1CCCC(C)N1CC(O)COC1CC2CCC1(C)C2(C)C.Cl. The highest BCUT2D eigenvalue weighted by atomic mass is 35.5. The molecule has 0 aromatic rings. The van der Waals surface area contributed by atoms with Crippen LogP contribution in [0.5, 0.6) is 0 Å². The van der Waals surface area contributed by atoms with Gasteiger partial charge in [0.25, 0.3) is 0 Å². The third-order valence-electron chi connectivity index (χ3n) is 8.00. The van der Waals surface area contributed by atoms with Crippen LogP contribution in [0.4, 0.5) is 0 Å². The van der Waals surface area contributed by atoms with Crippen LogP contribution >= 0.6 is 12.4 Å². The maximum atomic E-state index is 10.5. The van der Waals surface area contributed by atoms with Gasteiger partial charge in [0.2, 0.25) is 0 Å². The highest BCUT2D eigenvalue weighted by Crippen LogP contribution is 2.66. The fraction of sp³-hybridized carbons (Fsp3) is 1.00. The van der Waals surface area contributed by atoms with E-state index in [0.29, 0.717) is 35.6 Å². The monoisotopic (exact) mass is 359 g/mol. The third-order valence-corrected chi connectivity index (χ3v) is 8.00. The molecule has 2 bridgehead atoms. The highest BCUT2D eigenvalue weighted by Gasteiger charge is 2.61. The molecule has 4 heteroatoms. The van der Waals surface area contributed by atoms with E-state index >= 15 is 0 Å². The predicted molar refractivity (Wildman–Crippen MR) is 102 cm³/mol. The van der Waals surface area contributed by atoms with Crippen molar-refractivity contribution in [2.75, 3.05) is 13.2 Å². The van der Waals surface area contributed by atoms with Gasteiger partial charge in [0, 0.05) is 18.6 Å². The van der Waals surface area contributed by atoms with Crippen molar-refractivity contribution in [3.8, 4) is 0 Å². The Morgan fingerprint density at radius 2 is 1.75 bits per heavy atom. The molecule has 1 saturated heterocycles. The second kappa shape index (κ2) is 7.42. The average molecular weight is 360 g/mol. The Morgan fingerprint density at radius 1 is 1.12 bits per heavy atom. The van der Waals surface area contributed by atoms with Gasteiger partial charge in [-0.2, -0.15) is 0 Å². The molecule has 0 radical (unpaired) electrons. The molecule has 1 heterocycles. The summed E-state index contributed by atoms with van der Waals surface area (Å²) in [5.41, 5.74) is 0.682. The van der Waals surface area contributed by atoms with E-state index in [2.05, 4.69) is 39.5 Å². The van der Waals surface area contributed by atoms with Crippen molar-refractivity contribution in [2.24, 2.45) is 16.7 Å². The minimum absolute atomic E-state index is 0. The van der Waals surface area contributed by atoms with E-state index in [4.69, 9.17) is 4.74 Å². The Kier molecular flexibility index (Phi) is 6.33. The molecule has 2 aliphatic carbocycles. The highest BCUT2D eigenvalue weighted by molar-refractivity contribution is 5.85. The van der Waals surface area contributed by atoms with Gasteiger partial charge in [0.05, 0.1) is 18.8 Å². The van der Waals surface area contributed by atoms with Crippen molar-refractivity contribution >= 4 is 12.4 Å². The molecule has 3 fully saturated rings. The Balaban J connectivity index is 0.00000208. The number of ether oxygens (including phenoxy) is 1. The van der Waals surface area contributed by atoms with Crippen molar-refractivity contribution in [3.05, 3.63) is 0 Å². The predicted octanol–water partition coefficient (Wildman–Crippen LogP) is 4.26. The van der Waals surface area contributed by atoms with E-state index in [1.54, 1.807) is 0 Å². The largest absolute Gasteiger partial charge is 0.389 e. The lowest BCUT2D eigenvalue weighted by Gasteiger charge is -2.41. The Morgan fingerprint density at radius 3 is 2.25 bits per heavy atom. The van der Waals surface area contributed by atoms with Gasteiger partial charge in [-0.25, -0.2) is 0 Å². The number of likely N-dealkylation sites (tertiary alicyclic amines) is 1. The molecule has 3 nitrogen and oxygen atoms in total. The van der Waals surface area contributed by atoms with Crippen LogP contribution in [-0.2, 0) is 4.74 Å². The van der Waals surface area contributed by atoms with E-state index in [1.807, 2.05) is 0 Å². The summed E-state index contributed by atoms with van der Waals surface area (Å²) in [6.07, 6.45) is 7.64. The summed E-state index contributed by atoms with van der Waals surface area (Å²) in [7, 11) is 0. The molecule has 2 saturated carbocycles. The lowest BCUT2D eigenvalue weighted by Crippen LogP contribution is -2.48. The molecule has 0 spiro atoms. The zero-order valence-corrected chi connectivity index (χ0v) is 17.1. The van der Waals surface area contributed by atoms with E-state index in [-0.39, 0.29) is 18.5 Å². The normalized spacial score (nSPS) is 42.8. The van der Waals surface area contributed by atoms with Crippen LogP contribution in [0.15, 0.2) is 0 Å². The number of halogens is 1. The molecule has 1 aliphatic heterocycles. The fourth-order valence-electron chi connectivity index (χ4n) is 5.74. The number of aliphatic hydroxyl groups is 1. The van der Waals surface area contributed by atoms with Gasteiger partial charge in [0.15, 0.2) is 0 Å². The van der Waals surface area contributed by atoms with Gasteiger partial charge < -0.3 is 9.84 Å². The van der Waals surface area contributed by atoms with E-state index in [9.17, 15) is 5.11 Å². The molecule has 3 rings (SSSR count). The van der Waals surface area contributed by atoms with Gasteiger partial charge in [-0.05, 0) is 62.7 Å². The van der Waals surface area contributed by atoms with E-state index in [0.717, 1.165) is 12.5 Å². The summed E-state index contributed by atoms with van der Waals surface area (Å²) < 4.78 is 6.27. The van der Waals surface area contributed by atoms with E-state index in [1.165, 1.54) is 38.5 Å². The lowest BCUT2D eigenvalue weighted by molar-refractivity contribution is -0.0842. The van der Waals surface area contributed by atoms with Crippen LogP contribution in [0.1, 0.15) is 73.1 Å². The molecule has 0 aromatic heterocycles. The summed E-state index contributed by atoms with van der Waals surface area (Å²) >= 11 is 0. The van der Waals surface area contributed by atoms with E-state index < -0.39 is 0 Å². The molecule has 142 valence electrons. The van der Waals surface area contributed by atoms with Gasteiger partial charge in [-0.1, -0.05) is 27.2 Å². The summed E-state index contributed by atoms with van der Waals surface area (Å²) in [4.78, 5) is 2.48. The topological polar surface area (TPSA) is 32.7 Å². The van der Waals surface area contributed by atoms with Crippen LogP contribution in [0.25, 0.3) is 0 Å². The first-order valence-electron chi connectivity index (χ1n) is 9.81. The van der Waals surface area contributed by atoms with Crippen LogP contribution in [-0.4, -0.2) is 47.4 Å². The summed E-state index contributed by atoms with van der Waals surface area (Å²) in [5, 5.41) is 10.5. The average Bonchev–Trinajstić information content (AvgIpc) is 2.82. The van der Waals surface area contributed by atoms with Crippen LogP contribution in [0.3, 0.4) is 0 Å². The number of hydrogen-bond donors (Lipinski definition) is 1. The molecule has 6 unspecified atom stereocenters. The molecular formula is C20H38ClNO2. The van der Waals surface area contributed by atoms with Gasteiger partial charge in [-0.3, -0.25) is 4.90 Å². The fourth-order valence-corrected chi connectivity index (χ4v) is 5.74. The Hall–Kier alpha value is 0.170. The van der Waals surface area contributed by atoms with Crippen LogP contribution < -0.4 is 0 Å². The Bertz CT molecular complexity index is 420. The minimum Gasteiger partial charge on any atom is -0.389 e. The van der Waals surface area contributed by atoms with Crippen molar-refractivity contribution in [3.63, 3.8) is 0 Å². The van der Waals surface area contributed by atoms with Crippen molar-refractivity contribution < 1.29 is 9.84 Å². The zero-order valence-electron chi connectivity index (χ0n) is 16.3. The van der Waals surface area contributed by atoms with Crippen molar-refractivity contribution in [1.82, 2.24) is 4.90 Å². The first-order valence-corrected chi connectivity index (χ1v) is 9.81. The Labute approximate surface area is 154 Å². The van der Waals surface area contributed by atoms with Crippen molar-refractivity contribution in [2.45, 2.75) is 97.4 Å². The maximum Gasteiger partial charge on any atom is 0.0900 e. The summed E-state index contributed by atoms with van der Waals surface area (Å²) in [6, 6.07) is 1.18. The van der Waals surface area contributed by atoms with Crippen LogP contribution in [0, 0.1) is 16.7 Å². The van der Waals surface area contributed by atoms with Gasteiger partial charge >= 0.3 is 0 Å². The second-order valence-electron chi connectivity index (χ2n) is 9.41. The molecule has 6 atom stereocenters. The molecule has 24 heavy (non-hydrogen) atoms. The van der Waals surface area contributed by atoms with Crippen molar-refractivity contribution in [1.29, 1.82) is 0 Å². The number of piperidine rings is 1. The lowest BCUT2D eigenvalue weighted by atomic mass is 9.70. The van der Waals surface area contributed by atoms with Crippen LogP contribution in [0.2, 0.25) is 0 Å². The summed E-state index contributed by atoms with van der Waals surface area (Å²) in [6.45, 7) is 13.1. The molecular weight excluding hydrogens is 322 g/mol. The minimum atomic E-state index is -0.358. The smallest absolute Gasteiger partial charge is 0.0900 e. The second-order valence-corrected chi connectivity index (χ2v) is 9.41. The number of hydrogen-bond acceptors (Lipinski definition) is 3. The summed E-state index contributed by atoms with van der Waals surface area (Å²) in [5.74, 6) is 0.803. The molecule has 0 aromatic carbocycles. The number of β-amino-alcohol motifs (C(OH)–C–C–N with tert-alkyl or cyclic N) is 1. The molecule has 0 amide bonds. The first-order chi connectivity index (χ1) is 10.8. The number of rotatable bonds is 5. The van der Waals surface area contributed by atoms with Gasteiger partial charge in [-0.15, -0.1) is 12.4 Å². The number of nitrogens with zero attached hydrogens (tertiary/aromatic N) is 1.